The van der Waals surface area contributed by atoms with E-state index in [2.05, 4.69) is 10.3 Å². The van der Waals surface area contributed by atoms with Gasteiger partial charge in [-0.2, -0.15) is 0 Å². The van der Waals surface area contributed by atoms with Crippen LogP contribution in [0.5, 0.6) is 0 Å². The third-order valence-electron chi connectivity index (χ3n) is 2.33. The van der Waals surface area contributed by atoms with Gasteiger partial charge in [-0.25, -0.2) is 4.98 Å². The molecule has 1 aromatic rings. The van der Waals surface area contributed by atoms with Gasteiger partial charge in [-0.05, 0) is 6.92 Å². The SMILES string of the molecule is CC1(c2cscn2)NCCC1=O. The zero-order valence-corrected chi connectivity index (χ0v) is 7.65. The lowest BCUT2D eigenvalue weighted by molar-refractivity contribution is -0.122. The molecule has 1 aromatic heterocycles. The van der Waals surface area contributed by atoms with E-state index >= 15 is 0 Å². The molecule has 2 heterocycles. The molecule has 1 fully saturated rings. The normalized spacial score (nSPS) is 29.6. The summed E-state index contributed by atoms with van der Waals surface area (Å²) in [5, 5.41) is 5.11. The Morgan fingerprint density at radius 2 is 2.58 bits per heavy atom. The van der Waals surface area contributed by atoms with Crippen LogP contribution in [-0.4, -0.2) is 17.3 Å². The topological polar surface area (TPSA) is 42.0 Å². The molecule has 12 heavy (non-hydrogen) atoms. The van der Waals surface area contributed by atoms with Crippen LogP contribution in [0.3, 0.4) is 0 Å². The number of rotatable bonds is 1. The molecule has 1 N–H and O–H groups in total. The molecule has 0 saturated carbocycles. The second-order valence-electron chi connectivity index (χ2n) is 3.10. The lowest BCUT2D eigenvalue weighted by Crippen LogP contribution is -2.39. The Bertz CT molecular complexity index is 296. The fourth-order valence-corrected chi connectivity index (χ4v) is 2.13. The Morgan fingerprint density at radius 1 is 1.75 bits per heavy atom. The van der Waals surface area contributed by atoms with Gasteiger partial charge in [0.25, 0.3) is 0 Å². The molecule has 0 amide bonds. The molecule has 0 bridgehead atoms. The number of Topliss-reactive ketones (excluding diaryl/α,β-unsaturated/α-hetero) is 1. The second-order valence-corrected chi connectivity index (χ2v) is 3.82. The van der Waals surface area contributed by atoms with Gasteiger partial charge in [0.1, 0.15) is 5.54 Å². The van der Waals surface area contributed by atoms with E-state index in [1.807, 2.05) is 12.3 Å². The predicted octanol–water partition coefficient (Wildman–Crippen LogP) is 0.921. The quantitative estimate of drug-likeness (QED) is 0.702. The average Bonchev–Trinajstić information content (AvgIpc) is 2.62. The molecule has 3 nitrogen and oxygen atoms in total. The summed E-state index contributed by atoms with van der Waals surface area (Å²) in [6.45, 7) is 2.67. The van der Waals surface area contributed by atoms with Crippen molar-refractivity contribution in [2.24, 2.45) is 0 Å². The molecular weight excluding hydrogens is 172 g/mol. The van der Waals surface area contributed by atoms with Crippen molar-refractivity contribution in [1.82, 2.24) is 10.3 Å². The van der Waals surface area contributed by atoms with Crippen molar-refractivity contribution < 1.29 is 4.79 Å². The first-order valence-corrected chi connectivity index (χ1v) is 4.85. The second kappa shape index (κ2) is 2.64. The van der Waals surface area contributed by atoms with Crippen LogP contribution < -0.4 is 5.32 Å². The van der Waals surface area contributed by atoms with Crippen LogP contribution in [-0.2, 0) is 10.3 Å². The Kier molecular flexibility index (Phi) is 1.73. The minimum absolute atomic E-state index is 0.244. The summed E-state index contributed by atoms with van der Waals surface area (Å²) in [6.07, 6.45) is 0.619. The monoisotopic (exact) mass is 182 g/mol. The van der Waals surface area contributed by atoms with Gasteiger partial charge < -0.3 is 0 Å². The maximum absolute atomic E-state index is 11.5. The minimum Gasteiger partial charge on any atom is -0.300 e. The smallest absolute Gasteiger partial charge is 0.160 e. The Balaban J connectivity index is 2.38. The summed E-state index contributed by atoms with van der Waals surface area (Å²) >= 11 is 1.52. The first-order valence-electron chi connectivity index (χ1n) is 3.90. The van der Waals surface area contributed by atoms with Gasteiger partial charge in [-0.15, -0.1) is 11.3 Å². The zero-order chi connectivity index (χ0) is 8.60. The molecule has 0 aromatic carbocycles. The molecule has 1 saturated heterocycles. The van der Waals surface area contributed by atoms with E-state index in [1.54, 1.807) is 5.51 Å². The van der Waals surface area contributed by atoms with Crippen LogP contribution in [0.2, 0.25) is 0 Å². The van der Waals surface area contributed by atoms with Crippen molar-refractivity contribution in [3.05, 3.63) is 16.6 Å². The van der Waals surface area contributed by atoms with Crippen molar-refractivity contribution in [2.45, 2.75) is 18.9 Å². The van der Waals surface area contributed by atoms with Gasteiger partial charge in [0, 0.05) is 18.3 Å². The zero-order valence-electron chi connectivity index (χ0n) is 6.83. The lowest BCUT2D eigenvalue weighted by Gasteiger charge is -2.19. The van der Waals surface area contributed by atoms with Crippen molar-refractivity contribution in [3.8, 4) is 0 Å². The third kappa shape index (κ3) is 0.990. The van der Waals surface area contributed by atoms with Crippen molar-refractivity contribution >= 4 is 17.1 Å². The van der Waals surface area contributed by atoms with Gasteiger partial charge in [0.15, 0.2) is 5.78 Å². The highest BCUT2D eigenvalue weighted by Crippen LogP contribution is 2.26. The highest BCUT2D eigenvalue weighted by molar-refractivity contribution is 7.07. The van der Waals surface area contributed by atoms with Crippen LogP contribution >= 0.6 is 11.3 Å². The van der Waals surface area contributed by atoms with Crippen molar-refractivity contribution in [3.63, 3.8) is 0 Å². The van der Waals surface area contributed by atoms with Crippen LogP contribution in [0.1, 0.15) is 19.0 Å². The summed E-state index contributed by atoms with van der Waals surface area (Å²) in [5.74, 6) is 0.244. The fourth-order valence-electron chi connectivity index (χ4n) is 1.47. The largest absolute Gasteiger partial charge is 0.300 e. The molecule has 0 radical (unpaired) electrons. The molecule has 1 aliphatic heterocycles. The number of carbonyl (C=O) groups is 1. The fraction of sp³-hybridized carbons (Fsp3) is 0.500. The van der Waals surface area contributed by atoms with E-state index in [0.717, 1.165) is 12.2 Å². The molecule has 64 valence electrons. The van der Waals surface area contributed by atoms with Gasteiger partial charge in [-0.3, -0.25) is 10.1 Å². The highest BCUT2D eigenvalue weighted by atomic mass is 32.1. The number of aromatic nitrogens is 1. The third-order valence-corrected chi connectivity index (χ3v) is 2.92. The maximum atomic E-state index is 11.5. The molecular formula is C8H10N2OS. The van der Waals surface area contributed by atoms with Crippen LogP contribution in [0.4, 0.5) is 0 Å². The Morgan fingerprint density at radius 3 is 3.08 bits per heavy atom. The molecule has 0 aliphatic carbocycles. The highest BCUT2D eigenvalue weighted by Gasteiger charge is 2.39. The van der Waals surface area contributed by atoms with Gasteiger partial charge in [0.2, 0.25) is 0 Å². The number of ketones is 1. The maximum Gasteiger partial charge on any atom is 0.160 e. The number of hydrogen-bond donors (Lipinski definition) is 1. The molecule has 1 atom stereocenters. The summed E-state index contributed by atoms with van der Waals surface area (Å²) < 4.78 is 0. The summed E-state index contributed by atoms with van der Waals surface area (Å²) in [7, 11) is 0. The Hall–Kier alpha value is -0.740. The van der Waals surface area contributed by atoms with Crippen molar-refractivity contribution in [2.75, 3.05) is 6.54 Å². The minimum atomic E-state index is -0.514. The molecule has 2 rings (SSSR count). The van der Waals surface area contributed by atoms with E-state index in [9.17, 15) is 4.79 Å². The number of nitrogens with zero attached hydrogens (tertiary/aromatic N) is 1. The van der Waals surface area contributed by atoms with Gasteiger partial charge in [0.05, 0.1) is 11.2 Å². The van der Waals surface area contributed by atoms with Gasteiger partial charge in [-0.1, -0.05) is 0 Å². The first-order chi connectivity index (χ1) is 5.73. The van der Waals surface area contributed by atoms with E-state index in [4.69, 9.17) is 0 Å². The van der Waals surface area contributed by atoms with Crippen molar-refractivity contribution in [1.29, 1.82) is 0 Å². The molecule has 4 heteroatoms. The van der Waals surface area contributed by atoms with Crippen LogP contribution in [0.25, 0.3) is 0 Å². The van der Waals surface area contributed by atoms with Crippen LogP contribution in [0.15, 0.2) is 10.9 Å². The number of carbonyl (C=O) groups excluding carboxylic acids is 1. The summed E-state index contributed by atoms with van der Waals surface area (Å²) in [6, 6.07) is 0. The summed E-state index contributed by atoms with van der Waals surface area (Å²) in [4.78, 5) is 15.7. The number of thiazole rings is 1. The standard InChI is InChI=1S/C8H10N2OS/c1-8(6-4-12-5-9-6)7(11)2-3-10-8/h4-5,10H,2-3H2,1H3. The first kappa shape index (κ1) is 7.89. The summed E-state index contributed by atoms with van der Waals surface area (Å²) in [5.41, 5.74) is 2.10. The lowest BCUT2D eigenvalue weighted by atomic mass is 9.96. The van der Waals surface area contributed by atoms with Crippen LogP contribution in [0, 0.1) is 0 Å². The van der Waals surface area contributed by atoms with E-state index < -0.39 is 5.54 Å². The van der Waals surface area contributed by atoms with E-state index in [1.165, 1.54) is 11.3 Å². The van der Waals surface area contributed by atoms with Gasteiger partial charge >= 0.3 is 0 Å². The van der Waals surface area contributed by atoms with E-state index in [-0.39, 0.29) is 5.78 Å². The molecule has 1 unspecified atom stereocenters. The number of nitrogens with one attached hydrogen (secondary N) is 1. The average molecular weight is 182 g/mol. The molecule has 1 aliphatic rings. The molecule has 0 spiro atoms. The Labute approximate surface area is 74.8 Å². The van der Waals surface area contributed by atoms with E-state index in [0.29, 0.717) is 6.42 Å². The number of hydrogen-bond acceptors (Lipinski definition) is 4. The predicted molar refractivity (Wildman–Crippen MR) is 47.1 cm³/mol.